The van der Waals surface area contributed by atoms with E-state index < -0.39 is 0 Å². The van der Waals surface area contributed by atoms with Gasteiger partial charge < -0.3 is 10.2 Å². The number of oxime groups is 1. The molecule has 6 atom stereocenters. The number of nitrogens with zero attached hydrogens (tertiary/aromatic N) is 2. The van der Waals surface area contributed by atoms with Crippen molar-refractivity contribution in [3.63, 3.8) is 0 Å². The first-order chi connectivity index (χ1) is 15.7. The van der Waals surface area contributed by atoms with Crippen LogP contribution < -0.4 is 5.32 Å². The van der Waals surface area contributed by atoms with E-state index in [0.717, 1.165) is 44.0 Å². The van der Waals surface area contributed by atoms with Crippen molar-refractivity contribution in [1.82, 2.24) is 10.2 Å². The second-order valence-electron chi connectivity index (χ2n) is 11.5. The Kier molecular flexibility index (Phi) is 7.05. The molecule has 0 aromatic carbocycles. The fourth-order valence-electron chi connectivity index (χ4n) is 8.00. The third kappa shape index (κ3) is 4.40. The van der Waals surface area contributed by atoms with Crippen molar-refractivity contribution in [3.8, 4) is 0 Å². The van der Waals surface area contributed by atoms with Crippen LogP contribution in [0.25, 0.3) is 0 Å². The predicted octanol–water partition coefficient (Wildman–Crippen LogP) is 5.19. The number of carbonyl (C=O) groups is 2. The molecule has 6 heteroatoms. The zero-order chi connectivity index (χ0) is 23.8. The number of carbonyl (C=O) groups excluding carboxylic acids is 2. The SMILES string of the molecule is CCNCCN(C)C(=O)O/N=C(\C)[C@H]1CC[C@H]2[C@@H]3CCC4=CC(=O)CC[C@]4(C)[C@H]3CC[C@]12C. The molecule has 0 unspecified atom stereocenters. The lowest BCUT2D eigenvalue weighted by Gasteiger charge is -2.58. The Morgan fingerprint density at radius 3 is 2.73 bits per heavy atom. The van der Waals surface area contributed by atoms with Crippen molar-refractivity contribution in [1.29, 1.82) is 0 Å². The summed E-state index contributed by atoms with van der Waals surface area (Å²) in [5, 5.41) is 7.56. The normalized spacial score (nSPS) is 38.2. The Morgan fingerprint density at radius 2 is 1.97 bits per heavy atom. The minimum Gasteiger partial charge on any atom is -0.315 e. The zero-order valence-corrected chi connectivity index (χ0v) is 21.3. The quantitative estimate of drug-likeness (QED) is 0.258. The molecule has 1 amide bonds. The maximum atomic E-state index is 12.3. The van der Waals surface area contributed by atoms with Crippen LogP contribution in [0.3, 0.4) is 0 Å². The van der Waals surface area contributed by atoms with Crippen molar-refractivity contribution in [2.75, 3.05) is 26.7 Å². The van der Waals surface area contributed by atoms with Crippen LogP contribution in [0, 0.1) is 34.5 Å². The highest BCUT2D eigenvalue weighted by Gasteiger charge is 2.59. The van der Waals surface area contributed by atoms with Crippen LogP contribution >= 0.6 is 0 Å². The van der Waals surface area contributed by atoms with E-state index >= 15 is 0 Å². The van der Waals surface area contributed by atoms with E-state index in [1.165, 1.54) is 31.3 Å². The fraction of sp³-hybridized carbons (Fsp3) is 0.815. The van der Waals surface area contributed by atoms with Crippen LogP contribution in [0.5, 0.6) is 0 Å². The number of hydrogen-bond acceptors (Lipinski definition) is 5. The molecule has 3 saturated carbocycles. The highest BCUT2D eigenvalue weighted by atomic mass is 16.7. The van der Waals surface area contributed by atoms with E-state index in [4.69, 9.17) is 4.84 Å². The van der Waals surface area contributed by atoms with Crippen molar-refractivity contribution >= 4 is 17.6 Å². The highest BCUT2D eigenvalue weighted by Crippen LogP contribution is 2.66. The number of likely N-dealkylation sites (N-methyl/N-ethyl adjacent to an activating group) is 2. The van der Waals surface area contributed by atoms with Crippen LogP contribution in [0.2, 0.25) is 0 Å². The summed E-state index contributed by atoms with van der Waals surface area (Å²) < 4.78 is 0. The van der Waals surface area contributed by atoms with E-state index in [1.807, 2.05) is 19.9 Å². The maximum absolute atomic E-state index is 12.3. The Bertz CT molecular complexity index is 836. The van der Waals surface area contributed by atoms with Gasteiger partial charge in [0.25, 0.3) is 0 Å². The third-order valence-electron chi connectivity index (χ3n) is 9.92. The molecule has 1 N–H and O–H groups in total. The first-order valence-corrected chi connectivity index (χ1v) is 13.1. The zero-order valence-electron chi connectivity index (χ0n) is 21.3. The van der Waals surface area contributed by atoms with Gasteiger partial charge in [0.05, 0.1) is 5.71 Å². The van der Waals surface area contributed by atoms with Crippen LogP contribution in [-0.4, -0.2) is 49.2 Å². The van der Waals surface area contributed by atoms with E-state index in [1.54, 1.807) is 11.9 Å². The van der Waals surface area contributed by atoms with Gasteiger partial charge in [0.15, 0.2) is 5.78 Å². The van der Waals surface area contributed by atoms with Gasteiger partial charge in [0.2, 0.25) is 0 Å². The number of nitrogens with one attached hydrogen (secondary N) is 1. The second kappa shape index (κ2) is 9.52. The number of hydrogen-bond donors (Lipinski definition) is 1. The Hall–Kier alpha value is -1.69. The number of allylic oxidation sites excluding steroid dienone is 1. The van der Waals surface area contributed by atoms with Crippen molar-refractivity contribution in [3.05, 3.63) is 11.6 Å². The molecule has 0 spiro atoms. The Labute approximate surface area is 199 Å². The van der Waals surface area contributed by atoms with Gasteiger partial charge in [-0.05, 0) is 93.1 Å². The lowest BCUT2D eigenvalue weighted by molar-refractivity contribution is -0.117. The second-order valence-corrected chi connectivity index (χ2v) is 11.5. The number of rotatable bonds is 6. The average Bonchev–Trinajstić information content (AvgIpc) is 3.15. The average molecular weight is 458 g/mol. The van der Waals surface area contributed by atoms with Gasteiger partial charge in [0.1, 0.15) is 0 Å². The van der Waals surface area contributed by atoms with Crippen molar-refractivity contribution in [2.45, 2.75) is 79.1 Å². The molecular weight excluding hydrogens is 414 g/mol. The summed E-state index contributed by atoms with van der Waals surface area (Å²) in [7, 11) is 1.75. The summed E-state index contributed by atoms with van der Waals surface area (Å²) in [6.45, 7) is 11.2. The molecule has 4 aliphatic carbocycles. The summed E-state index contributed by atoms with van der Waals surface area (Å²) in [5.41, 5.74) is 2.84. The number of amides is 1. The van der Waals surface area contributed by atoms with E-state index in [-0.39, 0.29) is 16.9 Å². The van der Waals surface area contributed by atoms with Gasteiger partial charge in [0, 0.05) is 32.5 Å². The molecule has 0 radical (unpaired) electrons. The van der Waals surface area contributed by atoms with E-state index in [2.05, 4.69) is 24.3 Å². The van der Waals surface area contributed by atoms with Crippen molar-refractivity contribution in [2.24, 2.45) is 39.7 Å². The lowest BCUT2D eigenvalue weighted by atomic mass is 9.46. The molecule has 184 valence electrons. The largest absolute Gasteiger partial charge is 0.435 e. The lowest BCUT2D eigenvalue weighted by Crippen LogP contribution is -2.51. The summed E-state index contributed by atoms with van der Waals surface area (Å²) >= 11 is 0. The molecule has 0 aromatic rings. The summed E-state index contributed by atoms with van der Waals surface area (Å²) in [6.07, 6.45) is 10.5. The minimum atomic E-state index is -0.387. The molecular formula is C27H43N3O3. The van der Waals surface area contributed by atoms with E-state index in [9.17, 15) is 9.59 Å². The predicted molar refractivity (Wildman–Crippen MR) is 131 cm³/mol. The van der Waals surface area contributed by atoms with Gasteiger partial charge in [-0.2, -0.15) is 0 Å². The van der Waals surface area contributed by atoms with Gasteiger partial charge in [-0.25, -0.2) is 4.79 Å². The first-order valence-electron chi connectivity index (χ1n) is 13.1. The van der Waals surface area contributed by atoms with Gasteiger partial charge in [-0.3, -0.25) is 9.63 Å². The van der Waals surface area contributed by atoms with Crippen molar-refractivity contribution < 1.29 is 14.4 Å². The Balaban J connectivity index is 1.43. The molecule has 0 heterocycles. The summed E-state index contributed by atoms with van der Waals surface area (Å²) in [4.78, 5) is 31.3. The molecule has 0 aromatic heterocycles. The molecule has 0 bridgehead atoms. The standard InChI is InChI=1S/C27H43N3O3/c1-6-28-15-16-30(5)25(32)33-29-18(2)22-9-10-23-21-8-7-19-17-20(31)11-13-26(19,3)24(21)12-14-27(22,23)4/h17,21-24,28H,6-16H2,1-5H3/b29-18+/t21-,22+,23-,24-,26-,27+/m0/s1. The topological polar surface area (TPSA) is 71.0 Å². The highest BCUT2D eigenvalue weighted by molar-refractivity contribution is 5.91. The van der Waals surface area contributed by atoms with Crippen LogP contribution in [0.4, 0.5) is 4.79 Å². The molecule has 4 rings (SSSR count). The number of fused-ring (bicyclic) bond motifs is 5. The van der Waals surface area contributed by atoms with Crippen LogP contribution in [0.1, 0.15) is 79.1 Å². The molecule has 6 nitrogen and oxygen atoms in total. The molecule has 0 saturated heterocycles. The first kappa shape index (κ1) is 24.4. The molecule has 0 aliphatic heterocycles. The molecule has 4 aliphatic rings. The molecule has 3 fully saturated rings. The monoisotopic (exact) mass is 457 g/mol. The number of ketones is 1. The van der Waals surface area contributed by atoms with Gasteiger partial charge >= 0.3 is 6.09 Å². The maximum Gasteiger partial charge on any atom is 0.435 e. The fourth-order valence-corrected chi connectivity index (χ4v) is 8.00. The third-order valence-corrected chi connectivity index (χ3v) is 9.92. The van der Waals surface area contributed by atoms with E-state index in [0.29, 0.717) is 36.5 Å². The van der Waals surface area contributed by atoms with Gasteiger partial charge in [-0.15, -0.1) is 0 Å². The summed E-state index contributed by atoms with van der Waals surface area (Å²) in [6, 6.07) is 0. The summed E-state index contributed by atoms with van der Waals surface area (Å²) in [5.74, 6) is 2.83. The van der Waals surface area contributed by atoms with Crippen LogP contribution in [0.15, 0.2) is 16.8 Å². The molecule has 33 heavy (non-hydrogen) atoms. The Morgan fingerprint density at radius 1 is 1.18 bits per heavy atom. The van der Waals surface area contributed by atoms with Gasteiger partial charge in [-0.1, -0.05) is 31.5 Å². The smallest absolute Gasteiger partial charge is 0.315 e. The minimum absolute atomic E-state index is 0.214. The van der Waals surface area contributed by atoms with Crippen LogP contribution in [-0.2, 0) is 9.63 Å².